The minimum absolute atomic E-state index is 0.603. The number of hydrogen-bond donors (Lipinski definition) is 0. The predicted octanol–water partition coefficient (Wildman–Crippen LogP) is 2.61. The summed E-state index contributed by atoms with van der Waals surface area (Å²) < 4.78 is 11.6. The first-order valence-corrected chi connectivity index (χ1v) is 6.59. The summed E-state index contributed by atoms with van der Waals surface area (Å²) in [5.74, 6) is 1.38. The molecule has 1 rings (SSSR count). The van der Waals surface area contributed by atoms with Crippen LogP contribution in [0.15, 0.2) is 24.3 Å². The van der Waals surface area contributed by atoms with Crippen LogP contribution in [0.2, 0.25) is 0 Å². The van der Waals surface area contributed by atoms with E-state index in [0.29, 0.717) is 11.3 Å². The first kappa shape index (κ1) is 11.9. The predicted molar refractivity (Wildman–Crippen MR) is 62.8 cm³/mol. The zero-order valence-corrected chi connectivity index (χ0v) is 9.72. The molecule has 80 valence electrons. The molecule has 15 heavy (non-hydrogen) atoms. The lowest BCUT2D eigenvalue weighted by atomic mass is 10.2. The minimum Gasteiger partial charge on any atom is -0.259 e. The van der Waals surface area contributed by atoms with Gasteiger partial charge in [0.2, 0.25) is 0 Å². The number of hydrogen-bond acceptors (Lipinski definition) is 2. The van der Waals surface area contributed by atoms with Crippen LogP contribution in [-0.2, 0) is 16.6 Å². The summed E-state index contributed by atoms with van der Waals surface area (Å²) in [6.07, 6.45) is 2.10. The van der Waals surface area contributed by atoms with Crippen LogP contribution in [-0.4, -0.2) is 9.96 Å². The van der Waals surface area contributed by atoms with Crippen molar-refractivity contribution in [3.8, 4) is 6.07 Å². The second kappa shape index (κ2) is 6.36. The van der Waals surface area contributed by atoms with Gasteiger partial charge in [0.25, 0.3) is 0 Å². The normalized spacial score (nSPS) is 12.0. The Balaban J connectivity index is 2.50. The molecule has 0 aliphatic rings. The molecule has 0 aromatic heterocycles. The first-order chi connectivity index (χ1) is 7.26. The van der Waals surface area contributed by atoms with Gasteiger partial charge in [-0.15, -0.1) is 0 Å². The van der Waals surface area contributed by atoms with Gasteiger partial charge in [-0.25, -0.2) is 0 Å². The van der Waals surface area contributed by atoms with E-state index < -0.39 is 10.8 Å². The lowest BCUT2D eigenvalue weighted by Crippen LogP contribution is -2.00. The molecule has 0 aliphatic carbocycles. The summed E-state index contributed by atoms with van der Waals surface area (Å²) in [5.41, 5.74) is 1.70. The first-order valence-electron chi connectivity index (χ1n) is 5.10. The van der Waals surface area contributed by atoms with Crippen LogP contribution >= 0.6 is 0 Å². The highest BCUT2D eigenvalue weighted by Gasteiger charge is 2.01. The maximum atomic E-state index is 11.6. The average Bonchev–Trinajstić information content (AvgIpc) is 2.27. The molecule has 1 unspecified atom stereocenters. The van der Waals surface area contributed by atoms with Gasteiger partial charge >= 0.3 is 0 Å². The molecule has 3 heteroatoms. The van der Waals surface area contributed by atoms with Crippen LogP contribution in [0.3, 0.4) is 0 Å². The average molecular weight is 221 g/mol. The van der Waals surface area contributed by atoms with E-state index in [-0.39, 0.29) is 0 Å². The van der Waals surface area contributed by atoms with E-state index in [1.807, 2.05) is 12.1 Å². The van der Waals surface area contributed by atoms with E-state index in [0.717, 1.165) is 24.2 Å². The van der Waals surface area contributed by atoms with Crippen molar-refractivity contribution < 1.29 is 4.21 Å². The summed E-state index contributed by atoms with van der Waals surface area (Å²) in [4.78, 5) is 0. The fourth-order valence-corrected chi connectivity index (χ4v) is 2.56. The van der Waals surface area contributed by atoms with E-state index in [2.05, 4.69) is 13.0 Å². The number of nitrogens with zero attached hydrogens (tertiary/aromatic N) is 1. The van der Waals surface area contributed by atoms with Crippen LogP contribution in [0.5, 0.6) is 0 Å². The summed E-state index contributed by atoms with van der Waals surface area (Å²) in [6.45, 7) is 2.10. The van der Waals surface area contributed by atoms with Gasteiger partial charge in [-0.2, -0.15) is 5.26 Å². The lowest BCUT2D eigenvalue weighted by molar-refractivity contribution is 0.679. The Morgan fingerprint density at radius 3 is 2.53 bits per heavy atom. The monoisotopic (exact) mass is 221 g/mol. The van der Waals surface area contributed by atoms with Gasteiger partial charge in [-0.1, -0.05) is 25.5 Å². The van der Waals surface area contributed by atoms with Crippen LogP contribution in [0, 0.1) is 11.3 Å². The Hall–Kier alpha value is -1.14. The van der Waals surface area contributed by atoms with Crippen molar-refractivity contribution in [2.75, 3.05) is 5.75 Å². The fourth-order valence-electron chi connectivity index (χ4n) is 1.24. The lowest BCUT2D eigenvalue weighted by Gasteiger charge is -2.01. The standard InChI is InChI=1S/C12H15NOS/c1-2-3-8-15(14)10-12-6-4-11(9-13)5-7-12/h4-7H,2-3,8,10H2,1H3. The number of unbranched alkanes of at least 4 members (excludes halogenated alkanes) is 1. The summed E-state index contributed by atoms with van der Waals surface area (Å²) in [7, 11) is -0.762. The molecular formula is C12H15NOS. The second-order valence-corrected chi connectivity index (χ2v) is 5.03. The van der Waals surface area contributed by atoms with Gasteiger partial charge in [0, 0.05) is 22.3 Å². The van der Waals surface area contributed by atoms with Gasteiger partial charge < -0.3 is 0 Å². The van der Waals surface area contributed by atoms with Gasteiger partial charge in [-0.3, -0.25) is 4.21 Å². The van der Waals surface area contributed by atoms with Crippen molar-refractivity contribution in [1.82, 2.24) is 0 Å². The summed E-state index contributed by atoms with van der Waals surface area (Å²) in [6, 6.07) is 9.36. The Bertz CT molecular complexity index is 364. The second-order valence-electron chi connectivity index (χ2n) is 3.45. The smallest absolute Gasteiger partial charge is 0.0991 e. The van der Waals surface area contributed by atoms with E-state index >= 15 is 0 Å². The quantitative estimate of drug-likeness (QED) is 0.767. The van der Waals surface area contributed by atoms with Crippen LogP contribution in [0.25, 0.3) is 0 Å². The van der Waals surface area contributed by atoms with E-state index in [1.54, 1.807) is 12.1 Å². The molecule has 0 N–H and O–H groups in total. The van der Waals surface area contributed by atoms with E-state index in [9.17, 15) is 4.21 Å². The molecular weight excluding hydrogens is 206 g/mol. The zero-order valence-electron chi connectivity index (χ0n) is 8.90. The highest BCUT2D eigenvalue weighted by atomic mass is 32.2. The van der Waals surface area contributed by atoms with Crippen LogP contribution < -0.4 is 0 Å². The fraction of sp³-hybridized carbons (Fsp3) is 0.417. The van der Waals surface area contributed by atoms with Gasteiger partial charge in [0.05, 0.1) is 11.6 Å². The summed E-state index contributed by atoms with van der Waals surface area (Å²) >= 11 is 0. The highest BCUT2D eigenvalue weighted by Crippen LogP contribution is 2.07. The Morgan fingerprint density at radius 2 is 2.00 bits per heavy atom. The van der Waals surface area contributed by atoms with Gasteiger partial charge in [0.1, 0.15) is 0 Å². The molecule has 0 saturated heterocycles. The molecule has 0 aliphatic heterocycles. The maximum absolute atomic E-state index is 11.6. The minimum atomic E-state index is -0.762. The number of nitriles is 1. The van der Waals surface area contributed by atoms with Crippen LogP contribution in [0.4, 0.5) is 0 Å². The van der Waals surface area contributed by atoms with Crippen molar-refractivity contribution in [3.05, 3.63) is 35.4 Å². The Morgan fingerprint density at radius 1 is 1.33 bits per heavy atom. The molecule has 1 aromatic carbocycles. The van der Waals surface area contributed by atoms with E-state index in [1.165, 1.54) is 0 Å². The molecule has 0 heterocycles. The van der Waals surface area contributed by atoms with Crippen molar-refractivity contribution in [2.45, 2.75) is 25.5 Å². The molecule has 0 radical (unpaired) electrons. The number of rotatable bonds is 5. The Kier molecular flexibility index (Phi) is 5.06. The molecule has 2 nitrogen and oxygen atoms in total. The third-order valence-electron chi connectivity index (χ3n) is 2.14. The molecule has 0 bridgehead atoms. The molecule has 1 aromatic rings. The van der Waals surface area contributed by atoms with Crippen molar-refractivity contribution in [1.29, 1.82) is 5.26 Å². The Labute approximate surface area is 93.4 Å². The van der Waals surface area contributed by atoms with E-state index in [4.69, 9.17) is 5.26 Å². The highest BCUT2D eigenvalue weighted by molar-refractivity contribution is 7.84. The molecule has 0 saturated carbocycles. The van der Waals surface area contributed by atoms with Gasteiger partial charge in [-0.05, 0) is 24.1 Å². The largest absolute Gasteiger partial charge is 0.259 e. The number of benzene rings is 1. The summed E-state index contributed by atoms with van der Waals surface area (Å²) in [5, 5.41) is 8.62. The third kappa shape index (κ3) is 4.26. The van der Waals surface area contributed by atoms with Crippen LogP contribution in [0.1, 0.15) is 30.9 Å². The van der Waals surface area contributed by atoms with Gasteiger partial charge in [0.15, 0.2) is 0 Å². The molecule has 0 amide bonds. The topological polar surface area (TPSA) is 40.9 Å². The molecule has 0 spiro atoms. The SMILES string of the molecule is CCCCS(=O)Cc1ccc(C#N)cc1. The molecule has 0 fully saturated rings. The zero-order chi connectivity index (χ0) is 11.1. The van der Waals surface area contributed by atoms with Crippen molar-refractivity contribution >= 4 is 10.8 Å². The molecule has 1 atom stereocenters. The van der Waals surface area contributed by atoms with Crippen molar-refractivity contribution in [3.63, 3.8) is 0 Å². The maximum Gasteiger partial charge on any atom is 0.0991 e. The van der Waals surface area contributed by atoms with Crippen molar-refractivity contribution in [2.24, 2.45) is 0 Å². The third-order valence-corrected chi connectivity index (χ3v) is 3.54.